The van der Waals surface area contributed by atoms with E-state index >= 15 is 0 Å². The van der Waals surface area contributed by atoms with Crippen molar-refractivity contribution >= 4 is 11.6 Å². The van der Waals surface area contributed by atoms with Crippen LogP contribution in [-0.2, 0) is 0 Å². The van der Waals surface area contributed by atoms with Crippen molar-refractivity contribution < 1.29 is 13.6 Å². The second-order valence-corrected chi connectivity index (χ2v) is 7.17. The first kappa shape index (κ1) is 19.5. The molecule has 0 saturated carbocycles. The number of halogens is 1. The molecule has 7 nitrogen and oxygen atoms in total. The maximum atomic E-state index is 14.6. The van der Waals surface area contributed by atoms with Crippen molar-refractivity contribution in [2.75, 3.05) is 5.32 Å². The molecule has 158 valence electrons. The van der Waals surface area contributed by atoms with Gasteiger partial charge in [-0.1, -0.05) is 18.2 Å². The highest BCUT2D eigenvalue weighted by Gasteiger charge is 2.21. The van der Waals surface area contributed by atoms with Crippen LogP contribution in [0, 0.1) is 12.7 Å². The Hall–Kier alpha value is -4.46. The summed E-state index contributed by atoms with van der Waals surface area (Å²) < 4.78 is 23.5. The van der Waals surface area contributed by atoms with E-state index in [0.29, 0.717) is 34.2 Å². The molecule has 0 saturated heterocycles. The quantitative estimate of drug-likeness (QED) is 0.427. The standard InChI is InChI=1S/C24H18FN5O2/c1-16-7-10-22(32-16)23-19(14-30(28-23)18-5-3-2-4-6-18)24(31)27-17-8-9-21(20(25)13-17)29-12-11-26-15-29/h2-15H,1H3,(H,27,31). The van der Waals surface area contributed by atoms with Gasteiger partial charge in [0.1, 0.15) is 17.3 Å². The van der Waals surface area contributed by atoms with Crippen LogP contribution in [0.5, 0.6) is 0 Å². The first-order chi connectivity index (χ1) is 15.6. The number of nitrogens with zero attached hydrogens (tertiary/aromatic N) is 4. The lowest BCUT2D eigenvalue weighted by Gasteiger charge is -2.08. The number of para-hydroxylation sites is 1. The van der Waals surface area contributed by atoms with Crippen LogP contribution in [0.25, 0.3) is 22.8 Å². The Morgan fingerprint density at radius 3 is 2.62 bits per heavy atom. The molecule has 0 bridgehead atoms. The number of benzene rings is 2. The second-order valence-electron chi connectivity index (χ2n) is 7.17. The Labute approximate surface area is 182 Å². The second kappa shape index (κ2) is 7.99. The molecule has 32 heavy (non-hydrogen) atoms. The molecular formula is C24H18FN5O2. The number of aryl methyl sites for hydroxylation is 1. The zero-order valence-electron chi connectivity index (χ0n) is 17.1. The third-order valence-corrected chi connectivity index (χ3v) is 4.94. The van der Waals surface area contributed by atoms with Gasteiger partial charge in [0.25, 0.3) is 5.91 Å². The van der Waals surface area contributed by atoms with Gasteiger partial charge in [-0.3, -0.25) is 4.79 Å². The summed E-state index contributed by atoms with van der Waals surface area (Å²) in [5.74, 6) is 0.274. The van der Waals surface area contributed by atoms with Crippen molar-refractivity contribution in [3.8, 4) is 22.8 Å². The lowest BCUT2D eigenvalue weighted by Crippen LogP contribution is -2.12. The van der Waals surface area contributed by atoms with Gasteiger partial charge >= 0.3 is 0 Å². The van der Waals surface area contributed by atoms with E-state index in [2.05, 4.69) is 15.4 Å². The summed E-state index contributed by atoms with van der Waals surface area (Å²) in [6.07, 6.45) is 6.35. The van der Waals surface area contributed by atoms with E-state index < -0.39 is 11.7 Å². The number of imidazole rings is 1. The van der Waals surface area contributed by atoms with Crippen LogP contribution in [0.1, 0.15) is 16.1 Å². The van der Waals surface area contributed by atoms with Crippen LogP contribution < -0.4 is 5.32 Å². The van der Waals surface area contributed by atoms with Gasteiger partial charge in [-0.05, 0) is 49.4 Å². The average molecular weight is 427 g/mol. The van der Waals surface area contributed by atoms with E-state index in [-0.39, 0.29) is 0 Å². The molecule has 0 fully saturated rings. The highest BCUT2D eigenvalue weighted by Crippen LogP contribution is 2.27. The first-order valence-corrected chi connectivity index (χ1v) is 9.89. The molecule has 8 heteroatoms. The van der Waals surface area contributed by atoms with Crippen molar-refractivity contribution in [3.63, 3.8) is 0 Å². The predicted molar refractivity (Wildman–Crippen MR) is 117 cm³/mol. The molecule has 0 radical (unpaired) electrons. The van der Waals surface area contributed by atoms with Gasteiger partial charge in [0, 0.05) is 24.3 Å². The Kier molecular flexibility index (Phi) is 4.87. The summed E-state index contributed by atoms with van der Waals surface area (Å²) >= 11 is 0. The summed E-state index contributed by atoms with van der Waals surface area (Å²) in [7, 11) is 0. The summed E-state index contributed by atoms with van der Waals surface area (Å²) in [6.45, 7) is 1.82. The van der Waals surface area contributed by atoms with E-state index in [4.69, 9.17) is 4.42 Å². The molecule has 5 aromatic rings. The Balaban J connectivity index is 1.49. The van der Waals surface area contributed by atoms with E-state index in [9.17, 15) is 9.18 Å². The summed E-state index contributed by atoms with van der Waals surface area (Å²) in [4.78, 5) is 17.1. The summed E-state index contributed by atoms with van der Waals surface area (Å²) in [5, 5.41) is 7.32. The number of hydrogen-bond donors (Lipinski definition) is 1. The molecule has 1 amide bonds. The summed E-state index contributed by atoms with van der Waals surface area (Å²) in [6, 6.07) is 17.5. The van der Waals surface area contributed by atoms with Crippen molar-refractivity contribution in [3.05, 3.63) is 103 Å². The zero-order chi connectivity index (χ0) is 22.1. The number of rotatable bonds is 5. The molecule has 2 aromatic carbocycles. The minimum absolute atomic E-state index is 0.308. The number of carbonyl (C=O) groups is 1. The van der Waals surface area contributed by atoms with Crippen molar-refractivity contribution in [2.24, 2.45) is 0 Å². The van der Waals surface area contributed by atoms with Gasteiger partial charge in [-0.15, -0.1) is 0 Å². The van der Waals surface area contributed by atoms with Gasteiger partial charge < -0.3 is 14.3 Å². The molecule has 5 rings (SSSR count). The molecule has 0 aliphatic heterocycles. The van der Waals surface area contributed by atoms with Crippen molar-refractivity contribution in [1.82, 2.24) is 19.3 Å². The molecular weight excluding hydrogens is 409 g/mol. The normalized spacial score (nSPS) is 10.9. The monoisotopic (exact) mass is 427 g/mol. The van der Waals surface area contributed by atoms with Crippen LogP contribution in [0.15, 0.2) is 90.0 Å². The Morgan fingerprint density at radius 2 is 1.94 bits per heavy atom. The molecule has 0 unspecified atom stereocenters. The van der Waals surface area contributed by atoms with Crippen LogP contribution in [-0.4, -0.2) is 25.2 Å². The topological polar surface area (TPSA) is 77.9 Å². The maximum Gasteiger partial charge on any atom is 0.259 e. The average Bonchev–Trinajstić information content (AvgIpc) is 3.55. The number of aromatic nitrogens is 4. The number of hydrogen-bond acceptors (Lipinski definition) is 4. The lowest BCUT2D eigenvalue weighted by molar-refractivity contribution is 0.102. The lowest BCUT2D eigenvalue weighted by atomic mass is 10.2. The molecule has 3 aromatic heterocycles. The van der Waals surface area contributed by atoms with Crippen LogP contribution in [0.4, 0.5) is 10.1 Å². The van der Waals surface area contributed by atoms with Gasteiger partial charge in [-0.25, -0.2) is 14.1 Å². The molecule has 0 aliphatic carbocycles. The number of nitrogens with one attached hydrogen (secondary N) is 1. The Morgan fingerprint density at radius 1 is 1.09 bits per heavy atom. The predicted octanol–water partition coefficient (Wildman–Crippen LogP) is 5.02. The maximum absolute atomic E-state index is 14.6. The van der Waals surface area contributed by atoms with E-state index in [1.807, 2.05) is 43.3 Å². The molecule has 0 aliphatic rings. The molecule has 3 heterocycles. The molecule has 0 spiro atoms. The van der Waals surface area contributed by atoms with Crippen LogP contribution in [0.2, 0.25) is 0 Å². The fraction of sp³-hybridized carbons (Fsp3) is 0.0417. The van der Waals surface area contributed by atoms with Crippen LogP contribution >= 0.6 is 0 Å². The zero-order valence-corrected chi connectivity index (χ0v) is 17.1. The molecule has 1 N–H and O–H groups in total. The number of amides is 1. The van der Waals surface area contributed by atoms with Gasteiger partial charge in [0.15, 0.2) is 5.76 Å². The summed E-state index contributed by atoms with van der Waals surface area (Å²) in [5.41, 5.74) is 2.17. The minimum Gasteiger partial charge on any atom is -0.460 e. The number of furan rings is 1. The Bertz CT molecular complexity index is 1390. The van der Waals surface area contributed by atoms with Crippen molar-refractivity contribution in [2.45, 2.75) is 6.92 Å². The fourth-order valence-electron chi connectivity index (χ4n) is 3.39. The number of carbonyl (C=O) groups excluding carboxylic acids is 1. The number of anilines is 1. The van der Waals surface area contributed by atoms with Crippen LogP contribution in [0.3, 0.4) is 0 Å². The van der Waals surface area contributed by atoms with Crippen molar-refractivity contribution in [1.29, 1.82) is 0 Å². The highest BCUT2D eigenvalue weighted by molar-refractivity contribution is 6.07. The third kappa shape index (κ3) is 3.69. The first-order valence-electron chi connectivity index (χ1n) is 9.89. The van der Waals surface area contributed by atoms with E-state index in [0.717, 1.165) is 5.69 Å². The van der Waals surface area contributed by atoms with Gasteiger partial charge in [-0.2, -0.15) is 5.10 Å². The highest BCUT2D eigenvalue weighted by atomic mass is 19.1. The largest absolute Gasteiger partial charge is 0.460 e. The van der Waals surface area contributed by atoms with E-state index in [1.54, 1.807) is 46.0 Å². The fourth-order valence-corrected chi connectivity index (χ4v) is 3.39. The van der Waals surface area contributed by atoms with E-state index in [1.165, 1.54) is 12.4 Å². The smallest absolute Gasteiger partial charge is 0.259 e. The minimum atomic E-state index is -0.484. The van der Waals surface area contributed by atoms with Gasteiger partial charge in [0.05, 0.1) is 23.3 Å². The molecule has 0 atom stereocenters. The third-order valence-electron chi connectivity index (χ3n) is 4.94. The SMILES string of the molecule is Cc1ccc(-c2nn(-c3ccccc3)cc2C(=O)Nc2ccc(-n3ccnc3)c(F)c2)o1. The van der Waals surface area contributed by atoms with Gasteiger partial charge in [0.2, 0.25) is 0 Å².